The van der Waals surface area contributed by atoms with Gasteiger partial charge < -0.3 is 0 Å². The van der Waals surface area contributed by atoms with Gasteiger partial charge in [-0.3, -0.25) is 0 Å². The summed E-state index contributed by atoms with van der Waals surface area (Å²) in [6.45, 7) is 1.05. The van der Waals surface area contributed by atoms with E-state index in [9.17, 15) is 0 Å². The molecule has 0 aliphatic heterocycles. The Morgan fingerprint density at radius 1 is 1.17 bits per heavy atom. The fourth-order valence-electron chi connectivity index (χ4n) is 0.557. The van der Waals surface area contributed by atoms with Crippen LogP contribution in [-0.2, 0) is 4.62 Å². The SMILES string of the molecule is CN(C[P+](O)(O)O)O[P+](C)(O)O. The number of rotatable bonds is 4. The third-order valence-electron chi connectivity index (χ3n) is 0.683. The summed E-state index contributed by atoms with van der Waals surface area (Å²) >= 11 is 0. The van der Waals surface area contributed by atoms with Crippen LogP contribution >= 0.6 is 15.9 Å². The molecule has 7 nitrogen and oxygen atoms in total. The van der Waals surface area contributed by atoms with E-state index in [-0.39, 0.29) is 0 Å². The van der Waals surface area contributed by atoms with Gasteiger partial charge in [0.1, 0.15) is 6.66 Å². The van der Waals surface area contributed by atoms with E-state index in [0.717, 1.165) is 11.7 Å². The normalized spacial score (nSPS) is 14.0. The lowest BCUT2D eigenvalue weighted by molar-refractivity contribution is -0.0382. The Labute approximate surface area is 71.0 Å². The fourth-order valence-corrected chi connectivity index (χ4v) is 1.83. The van der Waals surface area contributed by atoms with Crippen LogP contribution in [-0.4, -0.2) is 49.5 Å². The minimum atomic E-state index is -3.96. The topological polar surface area (TPSA) is 114 Å². The van der Waals surface area contributed by atoms with Crippen molar-refractivity contribution >= 4 is 15.9 Å². The second-order valence-corrected chi connectivity index (χ2v) is 5.88. The smallest absolute Gasteiger partial charge is 0.192 e. The van der Waals surface area contributed by atoms with Crippen LogP contribution in [0.4, 0.5) is 0 Å². The van der Waals surface area contributed by atoms with Gasteiger partial charge in [-0.25, -0.2) is 0 Å². The minimum absolute atomic E-state index is 0.566. The van der Waals surface area contributed by atoms with Gasteiger partial charge in [-0.15, -0.1) is 5.06 Å². The highest BCUT2D eigenvalue weighted by Crippen LogP contribution is 2.50. The Bertz CT molecular complexity index is 125. The molecule has 9 heteroatoms. The quantitative estimate of drug-likeness (QED) is 0.303. The lowest BCUT2D eigenvalue weighted by Gasteiger charge is -2.14. The highest BCUT2D eigenvalue weighted by atomic mass is 31.2. The van der Waals surface area contributed by atoms with E-state index in [2.05, 4.69) is 4.62 Å². The molecule has 0 radical (unpaired) electrons. The first-order valence-corrected chi connectivity index (χ1v) is 6.78. The molecule has 0 heterocycles. The maximum Gasteiger partial charge on any atom is 0.426 e. The van der Waals surface area contributed by atoms with E-state index in [1.54, 1.807) is 0 Å². The van der Waals surface area contributed by atoms with E-state index >= 15 is 0 Å². The summed E-state index contributed by atoms with van der Waals surface area (Å²) < 4.78 is 4.42. The zero-order chi connectivity index (χ0) is 9.99. The van der Waals surface area contributed by atoms with Crippen LogP contribution in [0.2, 0.25) is 0 Å². The van der Waals surface area contributed by atoms with E-state index in [1.807, 2.05) is 0 Å². The fraction of sp³-hybridized carbons (Fsp3) is 1.00. The molecule has 0 fully saturated rings. The van der Waals surface area contributed by atoms with E-state index < -0.39 is 22.2 Å². The average molecular weight is 221 g/mol. The Balaban J connectivity index is 3.83. The molecule has 5 N–H and O–H groups in total. The molecule has 0 aromatic carbocycles. The molecular weight excluding hydrogens is 208 g/mol. The maximum absolute atomic E-state index is 8.76. The van der Waals surface area contributed by atoms with Crippen molar-refractivity contribution in [2.75, 3.05) is 20.0 Å². The number of hydrogen-bond acceptors (Lipinski definition) is 7. The summed E-state index contributed by atoms with van der Waals surface area (Å²) in [5.74, 6) is 0. The number of hydroxylamine groups is 2. The van der Waals surface area contributed by atoms with Crippen LogP contribution in [0, 0.1) is 0 Å². The first-order valence-electron chi connectivity index (χ1n) is 2.89. The van der Waals surface area contributed by atoms with Gasteiger partial charge in [-0.2, -0.15) is 24.5 Å². The molecular formula is C3H13NO6P2+2. The largest absolute Gasteiger partial charge is 0.426 e. The van der Waals surface area contributed by atoms with Crippen LogP contribution in [0.1, 0.15) is 0 Å². The maximum atomic E-state index is 8.76. The Morgan fingerprint density at radius 2 is 1.58 bits per heavy atom. The molecule has 0 aromatic rings. The highest BCUT2D eigenvalue weighted by molar-refractivity contribution is 7.59. The van der Waals surface area contributed by atoms with Crippen molar-refractivity contribution < 1.29 is 29.1 Å². The molecule has 0 aliphatic rings. The summed E-state index contributed by atoms with van der Waals surface area (Å²) in [4.78, 5) is 43.1. The first-order chi connectivity index (χ1) is 5.10. The van der Waals surface area contributed by atoms with Crippen molar-refractivity contribution in [3.05, 3.63) is 0 Å². The third kappa shape index (κ3) is 8.67. The molecule has 0 saturated heterocycles. The second kappa shape index (κ2) is 4.19. The van der Waals surface area contributed by atoms with Crippen molar-refractivity contribution in [2.45, 2.75) is 0 Å². The molecule has 0 aliphatic carbocycles. The summed E-state index contributed by atoms with van der Waals surface area (Å²) in [6.07, 6.45) is -0.566. The molecule has 0 rings (SSSR count). The number of nitrogens with zero attached hydrogens (tertiary/aromatic N) is 1. The summed E-state index contributed by atoms with van der Waals surface area (Å²) in [6, 6.07) is 0. The van der Waals surface area contributed by atoms with Gasteiger partial charge in [0.15, 0.2) is 0 Å². The predicted octanol–water partition coefficient (Wildman–Crippen LogP) is -1.08. The monoisotopic (exact) mass is 221 g/mol. The third-order valence-corrected chi connectivity index (χ3v) is 2.05. The Hall–Kier alpha value is 0.580. The van der Waals surface area contributed by atoms with E-state index in [1.165, 1.54) is 7.05 Å². The molecule has 0 atom stereocenters. The van der Waals surface area contributed by atoms with Crippen LogP contribution in [0.5, 0.6) is 0 Å². The standard InChI is InChI=1S/C3H13NO6P2/c1-4(3-12(7,8)9)10-11(2,5)6/h5-9H,3H2,1-2H3/q+2. The van der Waals surface area contributed by atoms with E-state index in [4.69, 9.17) is 24.5 Å². The summed E-state index contributed by atoms with van der Waals surface area (Å²) in [5, 5.41) is 0.765. The van der Waals surface area contributed by atoms with Crippen molar-refractivity contribution in [3.8, 4) is 0 Å². The summed E-state index contributed by atoms with van der Waals surface area (Å²) in [7, 11) is -6.17. The zero-order valence-corrected chi connectivity index (χ0v) is 8.48. The average Bonchev–Trinajstić information content (AvgIpc) is 1.49. The minimum Gasteiger partial charge on any atom is -0.192 e. The number of hydrogen-bond donors (Lipinski definition) is 5. The molecule has 0 unspecified atom stereocenters. The molecule has 0 bridgehead atoms. The molecule has 12 heavy (non-hydrogen) atoms. The van der Waals surface area contributed by atoms with Crippen molar-refractivity contribution in [1.82, 2.24) is 5.06 Å². The van der Waals surface area contributed by atoms with Crippen LogP contribution in [0.25, 0.3) is 0 Å². The van der Waals surface area contributed by atoms with Gasteiger partial charge in [-0.1, -0.05) is 4.62 Å². The highest BCUT2D eigenvalue weighted by Gasteiger charge is 2.38. The van der Waals surface area contributed by atoms with Crippen molar-refractivity contribution in [1.29, 1.82) is 0 Å². The lowest BCUT2D eigenvalue weighted by atomic mass is 11.2. The van der Waals surface area contributed by atoms with Gasteiger partial charge in [0.05, 0.1) is 0 Å². The van der Waals surface area contributed by atoms with Crippen LogP contribution in [0.3, 0.4) is 0 Å². The molecule has 0 saturated carbocycles. The van der Waals surface area contributed by atoms with Crippen LogP contribution < -0.4 is 0 Å². The van der Waals surface area contributed by atoms with Gasteiger partial charge in [0.2, 0.25) is 6.29 Å². The lowest BCUT2D eigenvalue weighted by Crippen LogP contribution is -2.22. The summed E-state index contributed by atoms with van der Waals surface area (Å²) in [5.41, 5.74) is 0. The van der Waals surface area contributed by atoms with Gasteiger partial charge >= 0.3 is 15.9 Å². The second-order valence-electron chi connectivity index (χ2n) is 2.38. The van der Waals surface area contributed by atoms with E-state index in [0.29, 0.717) is 0 Å². The Morgan fingerprint density at radius 3 is 1.83 bits per heavy atom. The van der Waals surface area contributed by atoms with Gasteiger partial charge in [0.25, 0.3) is 0 Å². The van der Waals surface area contributed by atoms with Crippen molar-refractivity contribution in [3.63, 3.8) is 0 Å². The zero-order valence-electron chi connectivity index (χ0n) is 6.69. The predicted molar refractivity (Wildman–Crippen MR) is 44.6 cm³/mol. The molecule has 0 spiro atoms. The molecule has 74 valence electrons. The molecule has 0 amide bonds. The first kappa shape index (κ1) is 12.6. The van der Waals surface area contributed by atoms with Gasteiger partial charge in [-0.05, 0) is 0 Å². The van der Waals surface area contributed by atoms with Crippen LogP contribution in [0.15, 0.2) is 0 Å². The Kier molecular flexibility index (Phi) is 4.40. The van der Waals surface area contributed by atoms with Gasteiger partial charge in [0, 0.05) is 7.05 Å². The van der Waals surface area contributed by atoms with Crippen molar-refractivity contribution in [2.24, 2.45) is 0 Å². The molecule has 0 aromatic heterocycles.